The van der Waals surface area contributed by atoms with Crippen LogP contribution in [0.4, 0.5) is 0 Å². The van der Waals surface area contributed by atoms with Crippen molar-refractivity contribution in [2.75, 3.05) is 26.4 Å². The standard InChI is InChI=1S/C16H27NO3/c1-5-17-13(4)15-8-7-12(3)9-16(15)20-11-14(18)10-19-6-2/h7-9,13-14,17-18H,5-6,10-11H2,1-4H3. The summed E-state index contributed by atoms with van der Waals surface area (Å²) in [6, 6.07) is 6.38. The van der Waals surface area contributed by atoms with Gasteiger partial charge in [0.2, 0.25) is 0 Å². The fourth-order valence-corrected chi connectivity index (χ4v) is 2.03. The smallest absolute Gasteiger partial charge is 0.124 e. The van der Waals surface area contributed by atoms with Crippen molar-refractivity contribution >= 4 is 0 Å². The van der Waals surface area contributed by atoms with Gasteiger partial charge in [0.1, 0.15) is 18.5 Å². The Morgan fingerprint density at radius 1 is 1.25 bits per heavy atom. The van der Waals surface area contributed by atoms with Gasteiger partial charge in [0.05, 0.1) is 6.61 Å². The topological polar surface area (TPSA) is 50.7 Å². The van der Waals surface area contributed by atoms with Crippen molar-refractivity contribution in [2.45, 2.75) is 39.8 Å². The first kappa shape index (κ1) is 17.0. The molecule has 0 bridgehead atoms. The van der Waals surface area contributed by atoms with Gasteiger partial charge in [0.15, 0.2) is 0 Å². The van der Waals surface area contributed by atoms with Gasteiger partial charge in [-0.1, -0.05) is 19.1 Å². The summed E-state index contributed by atoms with van der Waals surface area (Å²) in [4.78, 5) is 0. The molecule has 114 valence electrons. The number of ether oxygens (including phenoxy) is 2. The molecule has 2 N–H and O–H groups in total. The number of aryl methyl sites for hydroxylation is 1. The van der Waals surface area contributed by atoms with E-state index in [2.05, 4.69) is 31.3 Å². The fraction of sp³-hybridized carbons (Fsp3) is 0.625. The molecule has 1 aromatic rings. The van der Waals surface area contributed by atoms with E-state index in [9.17, 15) is 5.11 Å². The molecule has 4 nitrogen and oxygen atoms in total. The molecular formula is C16H27NO3. The molecule has 0 heterocycles. The summed E-state index contributed by atoms with van der Waals surface area (Å²) < 4.78 is 11.0. The van der Waals surface area contributed by atoms with Crippen LogP contribution in [0.5, 0.6) is 5.75 Å². The summed E-state index contributed by atoms with van der Waals surface area (Å²) in [6.45, 7) is 10.2. The zero-order chi connectivity index (χ0) is 15.0. The molecule has 20 heavy (non-hydrogen) atoms. The fourth-order valence-electron chi connectivity index (χ4n) is 2.03. The van der Waals surface area contributed by atoms with Gasteiger partial charge in [-0.25, -0.2) is 0 Å². The predicted molar refractivity (Wildman–Crippen MR) is 81.3 cm³/mol. The van der Waals surface area contributed by atoms with Crippen LogP contribution in [0.25, 0.3) is 0 Å². The van der Waals surface area contributed by atoms with Gasteiger partial charge in [0, 0.05) is 18.2 Å². The first-order chi connectivity index (χ1) is 9.58. The Bertz CT molecular complexity index is 395. The average Bonchev–Trinajstić information content (AvgIpc) is 2.43. The van der Waals surface area contributed by atoms with Crippen LogP contribution < -0.4 is 10.1 Å². The second-order valence-electron chi connectivity index (χ2n) is 4.94. The summed E-state index contributed by atoms with van der Waals surface area (Å²) in [7, 11) is 0. The Morgan fingerprint density at radius 3 is 2.65 bits per heavy atom. The normalized spacial score (nSPS) is 14.1. The highest BCUT2D eigenvalue weighted by molar-refractivity contribution is 5.39. The van der Waals surface area contributed by atoms with E-state index in [-0.39, 0.29) is 12.6 Å². The van der Waals surface area contributed by atoms with E-state index in [0.717, 1.165) is 23.4 Å². The van der Waals surface area contributed by atoms with Crippen molar-refractivity contribution in [2.24, 2.45) is 0 Å². The SMILES string of the molecule is CCNC(C)c1ccc(C)cc1OCC(O)COCC. The lowest BCUT2D eigenvalue weighted by atomic mass is 10.0. The van der Waals surface area contributed by atoms with Crippen LogP contribution in [0.2, 0.25) is 0 Å². The summed E-state index contributed by atoms with van der Waals surface area (Å²) >= 11 is 0. The third-order valence-electron chi connectivity index (χ3n) is 3.09. The van der Waals surface area contributed by atoms with E-state index >= 15 is 0 Å². The molecule has 2 unspecified atom stereocenters. The van der Waals surface area contributed by atoms with Gasteiger partial charge in [-0.15, -0.1) is 0 Å². The molecule has 0 saturated carbocycles. The lowest BCUT2D eigenvalue weighted by Crippen LogP contribution is -2.24. The van der Waals surface area contributed by atoms with E-state index < -0.39 is 6.10 Å². The van der Waals surface area contributed by atoms with Gasteiger partial charge in [-0.2, -0.15) is 0 Å². The number of hydrogen-bond donors (Lipinski definition) is 2. The number of aliphatic hydroxyl groups is 1. The maximum absolute atomic E-state index is 9.78. The first-order valence-electron chi connectivity index (χ1n) is 7.31. The second kappa shape index (κ2) is 8.95. The number of hydrogen-bond acceptors (Lipinski definition) is 4. The largest absolute Gasteiger partial charge is 0.490 e. The lowest BCUT2D eigenvalue weighted by molar-refractivity contribution is 0.0161. The minimum absolute atomic E-state index is 0.222. The quantitative estimate of drug-likeness (QED) is 0.730. The maximum Gasteiger partial charge on any atom is 0.124 e. The van der Waals surface area contributed by atoms with Crippen LogP contribution in [0.15, 0.2) is 18.2 Å². The van der Waals surface area contributed by atoms with Gasteiger partial charge >= 0.3 is 0 Å². The summed E-state index contributed by atoms with van der Waals surface area (Å²) in [5.41, 5.74) is 2.26. The van der Waals surface area contributed by atoms with Crippen molar-refractivity contribution in [1.82, 2.24) is 5.32 Å². The van der Waals surface area contributed by atoms with Crippen LogP contribution in [0.3, 0.4) is 0 Å². The number of benzene rings is 1. The third-order valence-corrected chi connectivity index (χ3v) is 3.09. The Morgan fingerprint density at radius 2 is 2.00 bits per heavy atom. The van der Waals surface area contributed by atoms with Crippen LogP contribution in [-0.4, -0.2) is 37.6 Å². The van der Waals surface area contributed by atoms with Crippen molar-refractivity contribution in [1.29, 1.82) is 0 Å². The molecule has 4 heteroatoms. The highest BCUT2D eigenvalue weighted by Crippen LogP contribution is 2.26. The van der Waals surface area contributed by atoms with Gasteiger partial charge < -0.3 is 19.9 Å². The monoisotopic (exact) mass is 281 g/mol. The van der Waals surface area contributed by atoms with E-state index in [1.807, 2.05) is 19.9 Å². The molecule has 0 aromatic heterocycles. The molecule has 1 rings (SSSR count). The first-order valence-corrected chi connectivity index (χ1v) is 7.31. The zero-order valence-electron chi connectivity index (χ0n) is 13.0. The molecule has 0 aliphatic rings. The Balaban J connectivity index is 2.69. The molecule has 2 atom stereocenters. The number of rotatable bonds is 9. The zero-order valence-corrected chi connectivity index (χ0v) is 13.0. The Hall–Kier alpha value is -1.10. The van der Waals surface area contributed by atoms with Crippen molar-refractivity contribution in [3.8, 4) is 5.75 Å². The molecule has 0 saturated heterocycles. The Kier molecular flexibility index (Phi) is 7.59. The molecule has 0 aliphatic heterocycles. The van der Waals surface area contributed by atoms with Crippen molar-refractivity contribution in [3.05, 3.63) is 29.3 Å². The van der Waals surface area contributed by atoms with E-state index in [0.29, 0.717) is 13.2 Å². The van der Waals surface area contributed by atoms with Gasteiger partial charge in [-0.05, 0) is 38.9 Å². The molecule has 0 spiro atoms. The van der Waals surface area contributed by atoms with E-state index in [1.165, 1.54) is 0 Å². The lowest BCUT2D eigenvalue weighted by Gasteiger charge is -2.19. The van der Waals surface area contributed by atoms with Crippen LogP contribution in [0, 0.1) is 6.92 Å². The van der Waals surface area contributed by atoms with Crippen molar-refractivity contribution in [3.63, 3.8) is 0 Å². The van der Waals surface area contributed by atoms with Crippen LogP contribution in [-0.2, 0) is 4.74 Å². The molecular weight excluding hydrogens is 254 g/mol. The maximum atomic E-state index is 9.78. The average molecular weight is 281 g/mol. The summed E-state index contributed by atoms with van der Waals surface area (Å²) in [5.74, 6) is 0.828. The van der Waals surface area contributed by atoms with E-state index in [4.69, 9.17) is 9.47 Å². The molecule has 0 amide bonds. The Labute approximate surface area is 122 Å². The highest BCUT2D eigenvalue weighted by atomic mass is 16.5. The minimum Gasteiger partial charge on any atom is -0.490 e. The predicted octanol–water partition coefficient (Wildman–Crippen LogP) is 2.44. The highest BCUT2D eigenvalue weighted by Gasteiger charge is 2.13. The molecule has 0 aliphatic carbocycles. The third kappa shape index (κ3) is 5.49. The number of nitrogens with one attached hydrogen (secondary N) is 1. The van der Waals surface area contributed by atoms with Crippen LogP contribution >= 0.6 is 0 Å². The molecule has 1 aromatic carbocycles. The molecule has 0 radical (unpaired) electrons. The van der Waals surface area contributed by atoms with E-state index in [1.54, 1.807) is 0 Å². The summed E-state index contributed by atoms with van der Waals surface area (Å²) in [5, 5.41) is 13.2. The number of aliphatic hydroxyl groups excluding tert-OH is 1. The molecule has 0 fully saturated rings. The van der Waals surface area contributed by atoms with Crippen LogP contribution in [0.1, 0.15) is 37.9 Å². The van der Waals surface area contributed by atoms with Gasteiger partial charge in [-0.3, -0.25) is 0 Å². The van der Waals surface area contributed by atoms with Gasteiger partial charge in [0.25, 0.3) is 0 Å². The summed E-state index contributed by atoms with van der Waals surface area (Å²) in [6.07, 6.45) is -0.599. The van der Waals surface area contributed by atoms with Crippen molar-refractivity contribution < 1.29 is 14.6 Å². The minimum atomic E-state index is -0.599. The second-order valence-corrected chi connectivity index (χ2v) is 4.94.